The molecule has 2 saturated heterocycles. The minimum atomic E-state index is -0.0374. The monoisotopic (exact) mass is 177 g/mol. The third kappa shape index (κ3) is 0.894. The first-order chi connectivity index (χ1) is 6.30. The Morgan fingerprint density at radius 2 is 2.08 bits per heavy atom. The minimum Gasteiger partial charge on any atom is -0.313 e. The lowest BCUT2D eigenvalue weighted by atomic mass is 9.66. The van der Waals surface area contributed by atoms with Gasteiger partial charge in [-0.25, -0.2) is 4.39 Å². The molecule has 1 saturated carbocycles. The van der Waals surface area contributed by atoms with E-state index in [4.69, 9.17) is 0 Å². The molecule has 2 bridgehead atoms. The average Bonchev–Trinajstić information content (AvgIpc) is 2.63. The maximum absolute atomic E-state index is 13.5. The maximum atomic E-state index is 13.5. The highest BCUT2D eigenvalue weighted by Gasteiger charge is 2.52. The fraction of sp³-hybridized carbons (Fsp3) is 0.455. The molecule has 1 nitrogen and oxygen atoms in total. The summed E-state index contributed by atoms with van der Waals surface area (Å²) in [5.41, 5.74) is 1.05. The van der Waals surface area contributed by atoms with Gasteiger partial charge < -0.3 is 5.32 Å². The van der Waals surface area contributed by atoms with Gasteiger partial charge in [-0.3, -0.25) is 0 Å². The molecule has 0 amide bonds. The Balaban J connectivity index is 2.05. The third-order valence-corrected chi connectivity index (χ3v) is 3.45. The van der Waals surface area contributed by atoms with Crippen molar-refractivity contribution in [1.29, 1.82) is 0 Å². The van der Waals surface area contributed by atoms with Gasteiger partial charge in [-0.05, 0) is 24.5 Å². The van der Waals surface area contributed by atoms with Crippen LogP contribution in [-0.2, 0) is 5.41 Å². The highest BCUT2D eigenvalue weighted by Crippen LogP contribution is 2.48. The Hall–Kier alpha value is -0.890. The van der Waals surface area contributed by atoms with Crippen molar-refractivity contribution >= 4 is 0 Å². The number of hydrogen-bond acceptors (Lipinski definition) is 1. The first-order valence-electron chi connectivity index (χ1n) is 4.79. The van der Waals surface area contributed by atoms with Gasteiger partial charge in [0.2, 0.25) is 0 Å². The summed E-state index contributed by atoms with van der Waals surface area (Å²) in [4.78, 5) is 0. The van der Waals surface area contributed by atoms with Gasteiger partial charge in [-0.1, -0.05) is 18.2 Å². The predicted octanol–water partition coefficient (Wildman–Crippen LogP) is 1.83. The maximum Gasteiger partial charge on any atom is 0.127 e. The van der Waals surface area contributed by atoms with E-state index in [-0.39, 0.29) is 11.2 Å². The van der Waals surface area contributed by atoms with Crippen LogP contribution in [0.25, 0.3) is 0 Å². The van der Waals surface area contributed by atoms with Crippen LogP contribution in [0, 0.1) is 5.82 Å². The number of rotatable bonds is 1. The van der Waals surface area contributed by atoms with E-state index in [9.17, 15) is 4.39 Å². The highest BCUT2D eigenvalue weighted by atomic mass is 19.1. The van der Waals surface area contributed by atoms with Gasteiger partial charge in [-0.15, -0.1) is 0 Å². The molecule has 0 spiro atoms. The van der Waals surface area contributed by atoms with Crippen molar-refractivity contribution in [3.05, 3.63) is 35.6 Å². The number of fused-ring (bicyclic) bond motifs is 1. The molecule has 0 aromatic heterocycles. The summed E-state index contributed by atoms with van der Waals surface area (Å²) in [6, 6.07) is 7.83. The van der Waals surface area contributed by atoms with E-state index < -0.39 is 0 Å². The number of hydrogen-bond donors (Lipinski definition) is 1. The molecule has 1 aromatic rings. The van der Waals surface area contributed by atoms with Gasteiger partial charge in [0, 0.05) is 18.0 Å². The van der Waals surface area contributed by atoms with Crippen molar-refractivity contribution in [2.24, 2.45) is 0 Å². The van der Waals surface area contributed by atoms with Gasteiger partial charge in [0.25, 0.3) is 0 Å². The first-order valence-corrected chi connectivity index (χ1v) is 4.79. The number of benzene rings is 1. The van der Waals surface area contributed by atoms with Crippen LogP contribution < -0.4 is 5.32 Å². The molecule has 4 rings (SSSR count). The molecule has 3 aliphatic rings. The molecular weight excluding hydrogens is 165 g/mol. The highest BCUT2D eigenvalue weighted by molar-refractivity contribution is 5.34. The molecule has 1 aromatic carbocycles. The van der Waals surface area contributed by atoms with Crippen LogP contribution in [0.2, 0.25) is 0 Å². The van der Waals surface area contributed by atoms with E-state index in [1.807, 2.05) is 12.1 Å². The van der Waals surface area contributed by atoms with Crippen molar-refractivity contribution in [3.8, 4) is 0 Å². The van der Waals surface area contributed by atoms with Crippen LogP contribution in [0.3, 0.4) is 0 Å². The van der Waals surface area contributed by atoms with E-state index in [1.54, 1.807) is 12.1 Å². The van der Waals surface area contributed by atoms with E-state index in [0.717, 1.165) is 24.9 Å². The SMILES string of the molecule is Fc1ccccc1C12CNC(C1)C2. The standard InChI is InChI=1S/C11H12FN/c12-10-4-2-1-3-9(10)11-5-8(6-11)13-7-11/h1-4,8,13H,5-7H2. The van der Waals surface area contributed by atoms with Crippen molar-refractivity contribution in [2.75, 3.05) is 6.54 Å². The fourth-order valence-electron chi connectivity index (χ4n) is 2.72. The molecule has 0 radical (unpaired) electrons. The van der Waals surface area contributed by atoms with E-state index in [0.29, 0.717) is 6.04 Å². The van der Waals surface area contributed by atoms with Gasteiger partial charge in [0.1, 0.15) is 5.82 Å². The van der Waals surface area contributed by atoms with Gasteiger partial charge in [0.15, 0.2) is 0 Å². The molecule has 1 aliphatic carbocycles. The molecular formula is C11H12FN. The van der Waals surface area contributed by atoms with Crippen LogP contribution in [0.5, 0.6) is 0 Å². The molecule has 2 heterocycles. The van der Waals surface area contributed by atoms with Crippen LogP contribution in [0.15, 0.2) is 24.3 Å². The fourth-order valence-corrected chi connectivity index (χ4v) is 2.72. The summed E-state index contributed by atoms with van der Waals surface area (Å²) in [5.74, 6) is -0.0374. The summed E-state index contributed by atoms with van der Waals surface area (Å²) in [6.07, 6.45) is 2.24. The Morgan fingerprint density at radius 1 is 1.31 bits per heavy atom. The Morgan fingerprint density at radius 3 is 2.69 bits per heavy atom. The molecule has 1 N–H and O–H groups in total. The lowest BCUT2D eigenvalue weighted by Crippen LogP contribution is -2.38. The minimum absolute atomic E-state index is 0.0374. The van der Waals surface area contributed by atoms with Gasteiger partial charge in [0.05, 0.1) is 0 Å². The van der Waals surface area contributed by atoms with Crippen molar-refractivity contribution in [3.63, 3.8) is 0 Å². The Kier molecular flexibility index (Phi) is 1.34. The molecule has 2 aliphatic heterocycles. The summed E-state index contributed by atoms with van der Waals surface area (Å²) >= 11 is 0. The second-order valence-corrected chi connectivity index (χ2v) is 4.25. The quantitative estimate of drug-likeness (QED) is 0.690. The molecule has 3 fully saturated rings. The average molecular weight is 177 g/mol. The zero-order chi connectivity index (χ0) is 8.89. The largest absolute Gasteiger partial charge is 0.313 e. The topological polar surface area (TPSA) is 12.0 Å². The number of halogens is 1. The van der Waals surface area contributed by atoms with Gasteiger partial charge in [-0.2, -0.15) is 0 Å². The lowest BCUT2D eigenvalue weighted by molar-refractivity contribution is 0.295. The van der Waals surface area contributed by atoms with Crippen molar-refractivity contribution in [1.82, 2.24) is 5.32 Å². The molecule has 68 valence electrons. The normalized spacial score (nSPS) is 35.9. The van der Waals surface area contributed by atoms with E-state index in [1.165, 1.54) is 0 Å². The first kappa shape index (κ1) is 7.51. The molecule has 13 heavy (non-hydrogen) atoms. The zero-order valence-electron chi connectivity index (χ0n) is 7.39. The lowest BCUT2D eigenvalue weighted by Gasteiger charge is -2.37. The summed E-state index contributed by atoms with van der Waals surface area (Å²) < 4.78 is 13.5. The summed E-state index contributed by atoms with van der Waals surface area (Å²) in [6.45, 7) is 0.957. The van der Waals surface area contributed by atoms with E-state index in [2.05, 4.69) is 5.32 Å². The number of nitrogens with one attached hydrogen (secondary N) is 1. The second-order valence-electron chi connectivity index (χ2n) is 4.25. The summed E-state index contributed by atoms with van der Waals surface area (Å²) in [5, 5.41) is 3.39. The predicted molar refractivity (Wildman–Crippen MR) is 49.1 cm³/mol. The van der Waals surface area contributed by atoms with E-state index >= 15 is 0 Å². The third-order valence-electron chi connectivity index (χ3n) is 3.45. The van der Waals surface area contributed by atoms with Gasteiger partial charge >= 0.3 is 0 Å². The van der Waals surface area contributed by atoms with Crippen LogP contribution in [0.4, 0.5) is 4.39 Å². The Bertz CT molecular complexity index is 336. The smallest absolute Gasteiger partial charge is 0.127 e. The van der Waals surface area contributed by atoms with Crippen LogP contribution in [-0.4, -0.2) is 12.6 Å². The van der Waals surface area contributed by atoms with Crippen molar-refractivity contribution in [2.45, 2.75) is 24.3 Å². The summed E-state index contributed by atoms with van der Waals surface area (Å²) in [7, 11) is 0. The van der Waals surface area contributed by atoms with Crippen LogP contribution in [0.1, 0.15) is 18.4 Å². The molecule has 0 unspecified atom stereocenters. The molecule has 2 heteroatoms. The van der Waals surface area contributed by atoms with Crippen molar-refractivity contribution < 1.29 is 4.39 Å². The molecule has 0 atom stereocenters. The van der Waals surface area contributed by atoms with Crippen LogP contribution >= 0.6 is 0 Å². The Labute approximate surface area is 77.0 Å². The zero-order valence-corrected chi connectivity index (χ0v) is 7.39. The second kappa shape index (κ2) is 2.32.